The van der Waals surface area contributed by atoms with Gasteiger partial charge in [0.2, 0.25) is 0 Å². The summed E-state index contributed by atoms with van der Waals surface area (Å²) >= 11 is 0. The summed E-state index contributed by atoms with van der Waals surface area (Å²) in [5, 5.41) is 16.7. The van der Waals surface area contributed by atoms with Crippen molar-refractivity contribution in [1.29, 1.82) is 0 Å². The van der Waals surface area contributed by atoms with Crippen LogP contribution in [0.25, 0.3) is 0 Å². The highest BCUT2D eigenvalue weighted by Crippen LogP contribution is 2.17. The molecule has 0 bridgehead atoms. The summed E-state index contributed by atoms with van der Waals surface area (Å²) in [4.78, 5) is 22.2. The van der Waals surface area contributed by atoms with Gasteiger partial charge in [0.1, 0.15) is 5.56 Å². The number of ether oxygens (including phenoxy) is 1. The van der Waals surface area contributed by atoms with Crippen molar-refractivity contribution in [1.82, 2.24) is 10.6 Å². The van der Waals surface area contributed by atoms with Gasteiger partial charge in [0, 0.05) is 25.2 Å². The third kappa shape index (κ3) is 3.49. The van der Waals surface area contributed by atoms with Crippen molar-refractivity contribution in [3.8, 4) is 0 Å². The number of nitrogens with zero attached hydrogens (tertiary/aromatic N) is 1. The molecule has 0 spiro atoms. The van der Waals surface area contributed by atoms with Crippen molar-refractivity contribution in [2.45, 2.75) is 6.04 Å². The number of nitro groups is 1. The zero-order valence-electron chi connectivity index (χ0n) is 10.3. The standard InChI is InChI=1S/C12H15N3O4/c16-12(14-7-9-8-19-6-5-13-9)10-3-1-2-4-11(10)15(17)18/h1-4,9,13H,5-8H2,(H,14,16). The van der Waals surface area contributed by atoms with E-state index in [1.54, 1.807) is 6.07 Å². The van der Waals surface area contributed by atoms with Crippen LogP contribution in [0.15, 0.2) is 24.3 Å². The first-order valence-corrected chi connectivity index (χ1v) is 6.01. The van der Waals surface area contributed by atoms with Crippen molar-refractivity contribution < 1.29 is 14.5 Å². The average molecular weight is 265 g/mol. The highest BCUT2D eigenvalue weighted by molar-refractivity contribution is 5.98. The number of nitrogens with one attached hydrogen (secondary N) is 2. The van der Waals surface area contributed by atoms with Crippen LogP contribution in [0.4, 0.5) is 5.69 Å². The highest BCUT2D eigenvalue weighted by atomic mass is 16.6. The van der Waals surface area contributed by atoms with Gasteiger partial charge in [-0.25, -0.2) is 0 Å². The zero-order valence-corrected chi connectivity index (χ0v) is 10.3. The van der Waals surface area contributed by atoms with Gasteiger partial charge in [-0.1, -0.05) is 12.1 Å². The third-order valence-corrected chi connectivity index (χ3v) is 2.85. The summed E-state index contributed by atoms with van der Waals surface area (Å²) in [6.45, 7) is 2.31. The fraction of sp³-hybridized carbons (Fsp3) is 0.417. The lowest BCUT2D eigenvalue weighted by molar-refractivity contribution is -0.385. The van der Waals surface area contributed by atoms with E-state index in [9.17, 15) is 14.9 Å². The number of morpholine rings is 1. The van der Waals surface area contributed by atoms with E-state index in [1.807, 2.05) is 0 Å². The maximum atomic E-state index is 11.9. The molecular formula is C12H15N3O4. The fourth-order valence-corrected chi connectivity index (χ4v) is 1.89. The van der Waals surface area contributed by atoms with Gasteiger partial charge in [0.05, 0.1) is 18.1 Å². The second-order valence-electron chi connectivity index (χ2n) is 4.21. The molecule has 1 aromatic rings. The monoisotopic (exact) mass is 265 g/mol. The Kier molecular flexibility index (Phi) is 4.43. The molecule has 7 heteroatoms. The highest BCUT2D eigenvalue weighted by Gasteiger charge is 2.20. The van der Waals surface area contributed by atoms with E-state index in [0.29, 0.717) is 19.8 Å². The molecule has 1 amide bonds. The van der Waals surface area contributed by atoms with Gasteiger partial charge >= 0.3 is 0 Å². The molecule has 0 radical (unpaired) electrons. The lowest BCUT2D eigenvalue weighted by Gasteiger charge is -2.23. The Balaban J connectivity index is 1.97. The first-order valence-electron chi connectivity index (χ1n) is 6.01. The maximum Gasteiger partial charge on any atom is 0.282 e. The second kappa shape index (κ2) is 6.26. The van der Waals surface area contributed by atoms with Crippen LogP contribution in [0, 0.1) is 10.1 Å². The molecule has 0 aliphatic carbocycles. The largest absolute Gasteiger partial charge is 0.378 e. The summed E-state index contributed by atoms with van der Waals surface area (Å²) in [7, 11) is 0. The molecule has 2 N–H and O–H groups in total. The molecule has 1 unspecified atom stereocenters. The van der Waals surface area contributed by atoms with E-state index in [0.717, 1.165) is 6.54 Å². The molecule has 1 aliphatic heterocycles. The number of rotatable bonds is 4. The normalized spacial score (nSPS) is 18.8. The minimum Gasteiger partial charge on any atom is -0.378 e. The third-order valence-electron chi connectivity index (χ3n) is 2.85. The van der Waals surface area contributed by atoms with Crippen LogP contribution in [0.2, 0.25) is 0 Å². The Morgan fingerprint density at radius 1 is 1.53 bits per heavy atom. The molecule has 0 saturated carbocycles. The molecule has 19 heavy (non-hydrogen) atoms. The van der Waals surface area contributed by atoms with Crippen LogP contribution in [-0.2, 0) is 4.74 Å². The van der Waals surface area contributed by atoms with Gasteiger partial charge in [-0.15, -0.1) is 0 Å². The van der Waals surface area contributed by atoms with Crippen molar-refractivity contribution >= 4 is 11.6 Å². The maximum absolute atomic E-state index is 11.9. The van der Waals surface area contributed by atoms with E-state index in [-0.39, 0.29) is 17.3 Å². The Labute approximate surface area is 110 Å². The smallest absolute Gasteiger partial charge is 0.282 e. The lowest BCUT2D eigenvalue weighted by atomic mass is 10.1. The van der Waals surface area contributed by atoms with Crippen LogP contribution in [-0.4, -0.2) is 43.2 Å². The SMILES string of the molecule is O=C(NCC1COCCN1)c1ccccc1[N+](=O)[O-]. The van der Waals surface area contributed by atoms with E-state index < -0.39 is 10.8 Å². The van der Waals surface area contributed by atoms with Gasteiger partial charge in [-0.05, 0) is 6.07 Å². The number of nitro benzene ring substituents is 1. The minimum absolute atomic E-state index is 0.0421. The molecular weight excluding hydrogens is 250 g/mol. The van der Waals surface area contributed by atoms with Crippen LogP contribution < -0.4 is 10.6 Å². The number of carbonyl (C=O) groups is 1. The summed E-state index contributed by atoms with van der Waals surface area (Å²) in [5.41, 5.74) is -0.114. The van der Waals surface area contributed by atoms with Crippen LogP contribution in [0.3, 0.4) is 0 Å². The first-order chi connectivity index (χ1) is 9.18. The molecule has 1 fully saturated rings. The Hall–Kier alpha value is -1.99. The molecule has 102 valence electrons. The Morgan fingerprint density at radius 3 is 3.00 bits per heavy atom. The molecule has 1 heterocycles. The van der Waals surface area contributed by atoms with Crippen LogP contribution in [0.5, 0.6) is 0 Å². The van der Waals surface area contributed by atoms with Crippen molar-refractivity contribution in [3.05, 3.63) is 39.9 Å². The van der Waals surface area contributed by atoms with Crippen LogP contribution >= 0.6 is 0 Å². The Morgan fingerprint density at radius 2 is 2.32 bits per heavy atom. The predicted octanol–water partition coefficient (Wildman–Crippen LogP) is 0.313. The summed E-state index contributed by atoms with van der Waals surface area (Å²) in [5.74, 6) is -0.445. The minimum atomic E-state index is -0.559. The van der Waals surface area contributed by atoms with Gasteiger partial charge in [0.15, 0.2) is 0 Å². The molecule has 0 aromatic heterocycles. The quantitative estimate of drug-likeness (QED) is 0.603. The molecule has 1 atom stereocenters. The number of carbonyl (C=O) groups excluding carboxylic acids is 1. The van der Waals surface area contributed by atoms with Gasteiger partial charge < -0.3 is 15.4 Å². The number of benzene rings is 1. The lowest BCUT2D eigenvalue weighted by Crippen LogP contribution is -2.48. The Bertz CT molecular complexity index is 472. The summed E-state index contributed by atoms with van der Waals surface area (Å²) in [6, 6.07) is 5.94. The van der Waals surface area contributed by atoms with Crippen LogP contribution in [0.1, 0.15) is 10.4 Å². The van der Waals surface area contributed by atoms with Crippen molar-refractivity contribution in [2.24, 2.45) is 0 Å². The summed E-state index contributed by atoms with van der Waals surface area (Å²) < 4.78 is 5.26. The molecule has 1 aliphatic rings. The molecule has 2 rings (SSSR count). The fourth-order valence-electron chi connectivity index (χ4n) is 1.89. The van der Waals surface area contributed by atoms with E-state index in [1.165, 1.54) is 18.2 Å². The number of hydrogen-bond acceptors (Lipinski definition) is 5. The first kappa shape index (κ1) is 13.4. The number of amides is 1. The predicted molar refractivity (Wildman–Crippen MR) is 68.0 cm³/mol. The number of hydrogen-bond donors (Lipinski definition) is 2. The van der Waals surface area contributed by atoms with Crippen molar-refractivity contribution in [3.63, 3.8) is 0 Å². The van der Waals surface area contributed by atoms with E-state index in [2.05, 4.69) is 10.6 Å². The number of para-hydroxylation sites is 1. The molecule has 7 nitrogen and oxygen atoms in total. The van der Waals surface area contributed by atoms with Gasteiger partial charge in [-0.2, -0.15) is 0 Å². The average Bonchev–Trinajstić information content (AvgIpc) is 2.46. The van der Waals surface area contributed by atoms with Gasteiger partial charge in [0.25, 0.3) is 11.6 Å². The second-order valence-corrected chi connectivity index (χ2v) is 4.21. The summed E-state index contributed by atoms with van der Waals surface area (Å²) in [6.07, 6.45) is 0. The van der Waals surface area contributed by atoms with Crippen molar-refractivity contribution in [2.75, 3.05) is 26.3 Å². The van der Waals surface area contributed by atoms with E-state index in [4.69, 9.17) is 4.74 Å². The topological polar surface area (TPSA) is 93.5 Å². The molecule has 1 aromatic carbocycles. The van der Waals surface area contributed by atoms with Gasteiger partial charge in [-0.3, -0.25) is 14.9 Å². The van der Waals surface area contributed by atoms with E-state index >= 15 is 0 Å². The molecule has 1 saturated heterocycles. The zero-order chi connectivity index (χ0) is 13.7.